The van der Waals surface area contributed by atoms with E-state index in [9.17, 15) is 5.11 Å². The van der Waals surface area contributed by atoms with E-state index < -0.39 is 0 Å². The lowest BCUT2D eigenvalue weighted by molar-refractivity contribution is 0.255. The summed E-state index contributed by atoms with van der Waals surface area (Å²) in [5, 5.41) is 11.1. The van der Waals surface area contributed by atoms with Crippen LogP contribution in [0.15, 0.2) is 18.2 Å². The average molecular weight is 268 g/mol. The lowest BCUT2D eigenvalue weighted by Crippen LogP contribution is -2.38. The van der Waals surface area contributed by atoms with Crippen molar-refractivity contribution in [2.45, 2.75) is 37.0 Å². The van der Waals surface area contributed by atoms with E-state index in [1.54, 1.807) is 5.56 Å². The second kappa shape index (κ2) is 3.59. The molecule has 1 aliphatic carbocycles. The molecule has 3 nitrogen and oxygen atoms in total. The van der Waals surface area contributed by atoms with Crippen molar-refractivity contribution in [1.82, 2.24) is 4.98 Å². The topological polar surface area (TPSA) is 39.3 Å². The number of aliphatic hydroxyl groups excluding tert-OH is 1. The van der Waals surface area contributed by atoms with E-state index in [0.29, 0.717) is 6.61 Å². The van der Waals surface area contributed by atoms with E-state index in [-0.39, 0.29) is 5.41 Å². The van der Waals surface area contributed by atoms with E-state index >= 15 is 0 Å². The van der Waals surface area contributed by atoms with Gasteiger partial charge in [0.05, 0.1) is 6.61 Å². The molecule has 2 fully saturated rings. The highest BCUT2D eigenvalue weighted by Crippen LogP contribution is 2.50. The van der Waals surface area contributed by atoms with Gasteiger partial charge in [-0.2, -0.15) is 0 Å². The van der Waals surface area contributed by atoms with Crippen LogP contribution in [0.5, 0.6) is 0 Å². The summed E-state index contributed by atoms with van der Waals surface area (Å²) in [5.74, 6) is 2.11. The van der Waals surface area contributed by atoms with Crippen molar-refractivity contribution in [2.24, 2.45) is 0 Å². The van der Waals surface area contributed by atoms with Crippen LogP contribution in [0.2, 0.25) is 0 Å². The predicted octanol–water partition coefficient (Wildman–Crippen LogP) is 2.89. The molecule has 104 valence electrons. The SMILES string of the molecule is OCC1(c2ccc3[nH]c4c(c3c2)C2CCN4CC2)CC1. The van der Waals surface area contributed by atoms with Gasteiger partial charge in [-0.25, -0.2) is 0 Å². The Balaban J connectivity index is 1.73. The number of fused-ring (bicyclic) bond motifs is 3. The molecule has 6 rings (SSSR count). The zero-order valence-corrected chi connectivity index (χ0v) is 11.7. The number of H-pyrrole nitrogens is 1. The first-order chi connectivity index (χ1) is 9.81. The van der Waals surface area contributed by atoms with Crippen molar-refractivity contribution in [2.75, 3.05) is 24.6 Å². The van der Waals surface area contributed by atoms with E-state index in [2.05, 4.69) is 28.1 Å². The Morgan fingerprint density at radius 1 is 1.25 bits per heavy atom. The lowest BCUT2D eigenvalue weighted by atomic mass is 9.83. The second-order valence-electron chi connectivity index (χ2n) is 6.85. The van der Waals surface area contributed by atoms with Gasteiger partial charge in [-0.1, -0.05) is 6.07 Å². The fourth-order valence-corrected chi connectivity index (χ4v) is 4.27. The van der Waals surface area contributed by atoms with Crippen molar-refractivity contribution in [3.05, 3.63) is 29.3 Å². The molecule has 0 spiro atoms. The van der Waals surface area contributed by atoms with Gasteiger partial charge in [0.15, 0.2) is 0 Å². The van der Waals surface area contributed by atoms with Gasteiger partial charge in [0.25, 0.3) is 0 Å². The molecule has 0 unspecified atom stereocenters. The van der Waals surface area contributed by atoms with Crippen molar-refractivity contribution in [1.29, 1.82) is 0 Å². The summed E-state index contributed by atoms with van der Waals surface area (Å²) >= 11 is 0. The van der Waals surface area contributed by atoms with Gasteiger partial charge < -0.3 is 15.0 Å². The predicted molar refractivity (Wildman–Crippen MR) is 80.5 cm³/mol. The number of nitrogens with zero attached hydrogens (tertiary/aromatic N) is 1. The standard InChI is InChI=1S/C17H20N2O/c20-10-17(5-6-17)12-1-2-14-13(9-12)15-11-3-7-19(8-4-11)16(15)18-14/h1-2,9,11,18,20H,3-8,10H2. The van der Waals surface area contributed by atoms with Gasteiger partial charge in [-0.15, -0.1) is 0 Å². The number of anilines is 1. The van der Waals surface area contributed by atoms with E-state index in [1.807, 2.05) is 0 Å². The van der Waals surface area contributed by atoms with Crippen LogP contribution in [-0.4, -0.2) is 29.8 Å². The number of aromatic amines is 1. The Morgan fingerprint density at radius 2 is 2.05 bits per heavy atom. The minimum absolute atomic E-state index is 0.0757. The van der Waals surface area contributed by atoms with Crippen molar-refractivity contribution in [3.8, 4) is 0 Å². The minimum atomic E-state index is 0.0757. The monoisotopic (exact) mass is 268 g/mol. The zero-order chi connectivity index (χ0) is 13.3. The first-order valence-electron chi connectivity index (χ1n) is 7.83. The van der Waals surface area contributed by atoms with Crippen LogP contribution in [0.1, 0.15) is 42.7 Å². The maximum absolute atomic E-state index is 9.66. The van der Waals surface area contributed by atoms with Crippen LogP contribution in [0.4, 0.5) is 5.82 Å². The molecule has 0 atom stereocenters. The van der Waals surface area contributed by atoms with Gasteiger partial charge in [0.2, 0.25) is 0 Å². The summed E-state index contributed by atoms with van der Waals surface area (Å²) in [6.07, 6.45) is 4.87. The zero-order valence-electron chi connectivity index (χ0n) is 11.7. The van der Waals surface area contributed by atoms with Gasteiger partial charge in [0.1, 0.15) is 5.82 Å². The maximum atomic E-state index is 9.66. The molecule has 2 bridgehead atoms. The minimum Gasteiger partial charge on any atom is -0.395 e. The second-order valence-corrected chi connectivity index (χ2v) is 6.85. The summed E-state index contributed by atoms with van der Waals surface area (Å²) in [6.45, 7) is 2.70. The molecule has 3 aliphatic heterocycles. The van der Waals surface area contributed by atoms with Gasteiger partial charge in [0, 0.05) is 35.0 Å². The maximum Gasteiger partial charge on any atom is 0.110 e. The van der Waals surface area contributed by atoms with Crippen LogP contribution >= 0.6 is 0 Å². The lowest BCUT2D eigenvalue weighted by Gasteiger charge is -2.40. The fourth-order valence-electron chi connectivity index (χ4n) is 4.27. The number of rotatable bonds is 2. The van der Waals surface area contributed by atoms with Crippen molar-refractivity contribution < 1.29 is 5.11 Å². The first-order valence-corrected chi connectivity index (χ1v) is 7.83. The average Bonchev–Trinajstić information content (AvgIpc) is 3.21. The Labute approximate surface area is 118 Å². The summed E-state index contributed by atoms with van der Waals surface area (Å²) in [7, 11) is 0. The normalized spacial score (nSPS) is 23.4. The summed E-state index contributed by atoms with van der Waals surface area (Å²) in [4.78, 5) is 6.14. The third-order valence-electron chi connectivity index (χ3n) is 5.81. The molecule has 1 saturated heterocycles. The molecule has 20 heavy (non-hydrogen) atoms. The first kappa shape index (κ1) is 11.2. The van der Waals surface area contributed by atoms with E-state index in [4.69, 9.17) is 0 Å². The van der Waals surface area contributed by atoms with Crippen LogP contribution in [0.25, 0.3) is 10.9 Å². The molecule has 1 aromatic heterocycles. The summed E-state index contributed by atoms with van der Waals surface area (Å²) < 4.78 is 0. The number of hydrogen-bond acceptors (Lipinski definition) is 2. The molecule has 1 saturated carbocycles. The molecule has 2 N–H and O–H groups in total. The quantitative estimate of drug-likeness (QED) is 0.879. The summed E-state index contributed by atoms with van der Waals surface area (Å²) in [5.41, 5.74) is 4.23. The Bertz CT molecular complexity index is 690. The number of benzene rings is 1. The van der Waals surface area contributed by atoms with Crippen LogP contribution in [0.3, 0.4) is 0 Å². The molecule has 0 radical (unpaired) electrons. The van der Waals surface area contributed by atoms with Crippen molar-refractivity contribution in [3.63, 3.8) is 0 Å². The molecular formula is C17H20N2O. The third-order valence-corrected chi connectivity index (χ3v) is 5.81. The number of hydrogen-bond donors (Lipinski definition) is 2. The molecule has 4 heterocycles. The molecule has 2 aromatic rings. The molecule has 0 amide bonds. The molecule has 3 heteroatoms. The van der Waals surface area contributed by atoms with Crippen LogP contribution < -0.4 is 4.90 Å². The highest BCUT2D eigenvalue weighted by Gasteiger charge is 2.44. The smallest absolute Gasteiger partial charge is 0.110 e. The fraction of sp³-hybridized carbons (Fsp3) is 0.529. The Kier molecular flexibility index (Phi) is 2.01. The molecule has 1 aromatic carbocycles. The summed E-state index contributed by atoms with van der Waals surface area (Å²) in [6, 6.07) is 6.79. The highest BCUT2D eigenvalue weighted by atomic mass is 16.3. The number of nitrogens with one attached hydrogen (secondary N) is 1. The Morgan fingerprint density at radius 3 is 2.75 bits per heavy atom. The van der Waals surface area contributed by atoms with Crippen LogP contribution in [0, 0.1) is 0 Å². The van der Waals surface area contributed by atoms with Gasteiger partial charge >= 0.3 is 0 Å². The van der Waals surface area contributed by atoms with Crippen LogP contribution in [-0.2, 0) is 5.41 Å². The van der Waals surface area contributed by atoms with E-state index in [0.717, 1.165) is 18.8 Å². The molecular weight excluding hydrogens is 248 g/mol. The molecule has 4 aliphatic rings. The highest BCUT2D eigenvalue weighted by molar-refractivity contribution is 5.91. The van der Waals surface area contributed by atoms with E-state index in [1.165, 1.54) is 48.2 Å². The number of piperidine rings is 1. The largest absolute Gasteiger partial charge is 0.395 e. The Hall–Kier alpha value is -1.48. The van der Waals surface area contributed by atoms with Crippen molar-refractivity contribution >= 4 is 16.7 Å². The van der Waals surface area contributed by atoms with Gasteiger partial charge in [-0.3, -0.25) is 0 Å². The number of aliphatic hydroxyl groups is 1. The number of aromatic nitrogens is 1. The third kappa shape index (κ3) is 1.29. The van der Waals surface area contributed by atoms with Gasteiger partial charge in [-0.05, 0) is 49.3 Å².